The molecular weight excluding hydrogens is 274 g/mol. The van der Waals surface area contributed by atoms with Crippen molar-refractivity contribution in [1.29, 1.82) is 0 Å². The highest BCUT2D eigenvalue weighted by atomic mass is 16.6. The Hall–Kier alpha value is -3.36. The summed E-state index contributed by atoms with van der Waals surface area (Å²) in [6.07, 6.45) is 3.00. The Bertz CT molecular complexity index is 797. The topological polar surface area (TPSA) is 126 Å². The van der Waals surface area contributed by atoms with Crippen molar-refractivity contribution in [2.75, 3.05) is 5.73 Å². The second-order valence-electron chi connectivity index (χ2n) is 4.09. The third-order valence-electron chi connectivity index (χ3n) is 2.72. The number of aromatic nitrogens is 5. The summed E-state index contributed by atoms with van der Waals surface area (Å²) in [4.78, 5) is 22.1. The second kappa shape index (κ2) is 4.96. The lowest BCUT2D eigenvalue weighted by molar-refractivity contribution is -0.384. The summed E-state index contributed by atoms with van der Waals surface area (Å²) < 4.78 is 1.45. The standard InChI is InChI=1S/C12H9N7O2/c13-12-14-6-5-10(16-12)18-7-15-11(17-18)8-1-3-9(4-2-8)19(20)21/h1-7H,(H2,13,14,16). The van der Waals surface area contributed by atoms with Gasteiger partial charge in [0.05, 0.1) is 4.92 Å². The highest BCUT2D eigenvalue weighted by Crippen LogP contribution is 2.19. The largest absolute Gasteiger partial charge is 0.368 e. The van der Waals surface area contributed by atoms with E-state index in [1.165, 1.54) is 29.3 Å². The highest BCUT2D eigenvalue weighted by molar-refractivity contribution is 5.56. The van der Waals surface area contributed by atoms with Crippen molar-refractivity contribution in [3.8, 4) is 17.2 Å². The molecule has 21 heavy (non-hydrogen) atoms. The highest BCUT2D eigenvalue weighted by Gasteiger charge is 2.09. The van der Waals surface area contributed by atoms with Crippen molar-refractivity contribution >= 4 is 11.6 Å². The molecule has 0 bridgehead atoms. The van der Waals surface area contributed by atoms with E-state index in [0.717, 1.165) is 0 Å². The Labute approximate surface area is 118 Å². The van der Waals surface area contributed by atoms with Gasteiger partial charge >= 0.3 is 0 Å². The van der Waals surface area contributed by atoms with Gasteiger partial charge in [-0.1, -0.05) is 0 Å². The fourth-order valence-electron chi connectivity index (χ4n) is 1.73. The molecule has 0 unspecified atom stereocenters. The minimum absolute atomic E-state index is 0.0155. The molecular formula is C12H9N7O2. The fourth-order valence-corrected chi connectivity index (χ4v) is 1.73. The Balaban J connectivity index is 1.93. The van der Waals surface area contributed by atoms with Gasteiger partial charge in [-0.3, -0.25) is 10.1 Å². The van der Waals surface area contributed by atoms with E-state index in [4.69, 9.17) is 5.73 Å². The van der Waals surface area contributed by atoms with Gasteiger partial charge in [0.1, 0.15) is 6.33 Å². The van der Waals surface area contributed by atoms with Crippen LogP contribution in [0.15, 0.2) is 42.9 Å². The van der Waals surface area contributed by atoms with Crippen LogP contribution in [0.3, 0.4) is 0 Å². The van der Waals surface area contributed by atoms with Gasteiger partial charge in [-0.15, -0.1) is 5.10 Å². The zero-order valence-electron chi connectivity index (χ0n) is 10.6. The Morgan fingerprint density at radius 2 is 1.90 bits per heavy atom. The summed E-state index contributed by atoms with van der Waals surface area (Å²) >= 11 is 0. The molecule has 0 saturated carbocycles. The maximum atomic E-state index is 10.6. The average molecular weight is 283 g/mol. The van der Waals surface area contributed by atoms with Crippen LogP contribution in [0.2, 0.25) is 0 Å². The number of non-ortho nitro benzene ring substituents is 1. The van der Waals surface area contributed by atoms with Crippen LogP contribution in [0.25, 0.3) is 17.2 Å². The summed E-state index contributed by atoms with van der Waals surface area (Å²) in [6, 6.07) is 7.63. The molecule has 9 heteroatoms. The Morgan fingerprint density at radius 3 is 2.57 bits per heavy atom. The number of rotatable bonds is 3. The van der Waals surface area contributed by atoms with Crippen molar-refractivity contribution < 1.29 is 4.92 Å². The zero-order valence-corrected chi connectivity index (χ0v) is 10.6. The van der Waals surface area contributed by atoms with E-state index in [2.05, 4.69) is 20.1 Å². The third-order valence-corrected chi connectivity index (χ3v) is 2.72. The monoisotopic (exact) mass is 283 g/mol. The lowest BCUT2D eigenvalue weighted by Gasteiger charge is -1.99. The van der Waals surface area contributed by atoms with E-state index in [0.29, 0.717) is 17.2 Å². The van der Waals surface area contributed by atoms with Crippen molar-refractivity contribution in [2.45, 2.75) is 0 Å². The van der Waals surface area contributed by atoms with E-state index in [1.54, 1.807) is 18.2 Å². The van der Waals surface area contributed by atoms with Gasteiger partial charge in [0.15, 0.2) is 11.6 Å². The maximum absolute atomic E-state index is 10.6. The third kappa shape index (κ3) is 2.52. The lowest BCUT2D eigenvalue weighted by Crippen LogP contribution is -2.02. The van der Waals surface area contributed by atoms with E-state index in [9.17, 15) is 10.1 Å². The maximum Gasteiger partial charge on any atom is 0.269 e. The van der Waals surface area contributed by atoms with Crippen LogP contribution in [0.1, 0.15) is 0 Å². The van der Waals surface area contributed by atoms with Gasteiger partial charge in [-0.2, -0.15) is 4.98 Å². The van der Waals surface area contributed by atoms with Crippen molar-refractivity contribution in [2.24, 2.45) is 0 Å². The summed E-state index contributed by atoms with van der Waals surface area (Å²) in [5.74, 6) is 1.06. The fraction of sp³-hybridized carbons (Fsp3) is 0. The minimum Gasteiger partial charge on any atom is -0.368 e. The van der Waals surface area contributed by atoms with Gasteiger partial charge in [0.25, 0.3) is 5.69 Å². The van der Waals surface area contributed by atoms with Crippen LogP contribution < -0.4 is 5.73 Å². The van der Waals surface area contributed by atoms with Crippen molar-refractivity contribution in [3.63, 3.8) is 0 Å². The smallest absolute Gasteiger partial charge is 0.269 e. The number of nitrogens with two attached hydrogens (primary N) is 1. The second-order valence-corrected chi connectivity index (χ2v) is 4.09. The van der Waals surface area contributed by atoms with Crippen LogP contribution in [0.5, 0.6) is 0 Å². The molecule has 2 heterocycles. The molecule has 0 saturated heterocycles. The molecule has 3 rings (SSSR count). The summed E-state index contributed by atoms with van der Waals surface area (Å²) in [5, 5.41) is 14.9. The number of nitrogen functional groups attached to an aromatic ring is 1. The van der Waals surface area contributed by atoms with Crippen molar-refractivity contribution in [1.82, 2.24) is 24.7 Å². The SMILES string of the molecule is Nc1nccc(-n2cnc(-c3ccc([N+](=O)[O-])cc3)n2)n1. The quantitative estimate of drug-likeness (QED) is 0.565. The van der Waals surface area contributed by atoms with Gasteiger partial charge in [0, 0.05) is 30.0 Å². The molecule has 0 aliphatic rings. The van der Waals surface area contributed by atoms with Crippen LogP contribution in [-0.2, 0) is 0 Å². The normalized spacial score (nSPS) is 10.5. The Kier molecular flexibility index (Phi) is 2.99. The number of hydrogen-bond donors (Lipinski definition) is 1. The molecule has 3 aromatic rings. The summed E-state index contributed by atoms with van der Waals surface area (Å²) in [6.45, 7) is 0. The van der Waals surface area contributed by atoms with E-state index < -0.39 is 4.92 Å². The predicted molar refractivity (Wildman–Crippen MR) is 73.5 cm³/mol. The number of nitro groups is 1. The van der Waals surface area contributed by atoms with Gasteiger partial charge < -0.3 is 5.73 Å². The molecule has 0 aliphatic heterocycles. The van der Waals surface area contributed by atoms with E-state index in [-0.39, 0.29) is 11.6 Å². The first-order valence-electron chi connectivity index (χ1n) is 5.89. The molecule has 0 radical (unpaired) electrons. The molecule has 1 aromatic carbocycles. The molecule has 0 atom stereocenters. The van der Waals surface area contributed by atoms with Crippen molar-refractivity contribution in [3.05, 3.63) is 53.0 Å². The zero-order chi connectivity index (χ0) is 14.8. The van der Waals surface area contributed by atoms with Crippen LogP contribution in [0.4, 0.5) is 11.6 Å². The average Bonchev–Trinajstić information content (AvgIpc) is 2.97. The van der Waals surface area contributed by atoms with Crippen LogP contribution >= 0.6 is 0 Å². The predicted octanol–water partition coefficient (Wildman–Crippen LogP) is 1.21. The first-order chi connectivity index (χ1) is 10.1. The van der Waals surface area contributed by atoms with Crippen LogP contribution in [-0.4, -0.2) is 29.7 Å². The van der Waals surface area contributed by atoms with Gasteiger partial charge in [-0.05, 0) is 12.1 Å². The number of anilines is 1. The van der Waals surface area contributed by atoms with Crippen LogP contribution in [0, 0.1) is 10.1 Å². The minimum atomic E-state index is -0.459. The summed E-state index contributed by atoms with van der Waals surface area (Å²) in [7, 11) is 0. The van der Waals surface area contributed by atoms with E-state index in [1.807, 2.05) is 0 Å². The van der Waals surface area contributed by atoms with Gasteiger partial charge in [0.2, 0.25) is 5.95 Å². The van der Waals surface area contributed by atoms with E-state index >= 15 is 0 Å². The molecule has 104 valence electrons. The number of nitrogens with zero attached hydrogens (tertiary/aromatic N) is 6. The van der Waals surface area contributed by atoms with Gasteiger partial charge in [-0.25, -0.2) is 14.6 Å². The number of benzene rings is 1. The summed E-state index contributed by atoms with van der Waals surface area (Å²) in [5.41, 5.74) is 6.19. The molecule has 0 fully saturated rings. The number of hydrogen-bond acceptors (Lipinski definition) is 7. The molecule has 9 nitrogen and oxygen atoms in total. The molecule has 0 amide bonds. The molecule has 2 aromatic heterocycles. The first-order valence-corrected chi connectivity index (χ1v) is 5.89. The molecule has 2 N–H and O–H groups in total. The first kappa shape index (κ1) is 12.7. The Morgan fingerprint density at radius 1 is 1.14 bits per heavy atom. The lowest BCUT2D eigenvalue weighted by atomic mass is 10.2. The molecule has 0 spiro atoms. The molecule has 0 aliphatic carbocycles. The number of nitro benzene ring substituents is 1.